The largest absolute Gasteiger partial charge is 0.322 e. The number of amides is 2. The van der Waals surface area contributed by atoms with Gasteiger partial charge in [0.2, 0.25) is 0 Å². The van der Waals surface area contributed by atoms with Crippen LogP contribution in [-0.4, -0.2) is 16.8 Å². The Labute approximate surface area is 166 Å². The molecule has 0 aliphatic carbocycles. The van der Waals surface area contributed by atoms with Crippen molar-refractivity contribution in [2.24, 2.45) is 0 Å². The number of carbonyl (C=O) groups is 2. The lowest BCUT2D eigenvalue weighted by atomic mass is 10.1. The van der Waals surface area contributed by atoms with Crippen molar-refractivity contribution < 1.29 is 14.0 Å². The standard InChI is InChI=1S/C21H17ClFN3O2/c1-12-3-6-18(13(2)9-12)26-20(27)14-7-8-24-19(10-14)21(28)25-15-4-5-17(23)16(22)11-15/h3-11H,1-2H3,(H,25,28)(H,26,27). The smallest absolute Gasteiger partial charge is 0.274 e. The molecule has 1 aromatic heterocycles. The molecule has 2 aromatic carbocycles. The molecule has 0 fully saturated rings. The number of aryl methyl sites for hydroxylation is 2. The summed E-state index contributed by atoms with van der Waals surface area (Å²) >= 11 is 5.71. The first-order valence-corrected chi connectivity index (χ1v) is 8.82. The second kappa shape index (κ2) is 8.19. The maximum absolute atomic E-state index is 13.2. The number of hydrogen-bond donors (Lipinski definition) is 2. The predicted molar refractivity (Wildman–Crippen MR) is 107 cm³/mol. The van der Waals surface area contributed by atoms with Gasteiger partial charge in [-0.05, 0) is 55.8 Å². The highest BCUT2D eigenvalue weighted by atomic mass is 35.5. The number of halogens is 2. The number of anilines is 2. The number of nitrogens with zero attached hydrogens (tertiary/aromatic N) is 1. The Balaban J connectivity index is 1.76. The third-order valence-corrected chi connectivity index (χ3v) is 4.35. The molecule has 0 atom stereocenters. The average Bonchev–Trinajstić information content (AvgIpc) is 2.67. The number of carbonyl (C=O) groups excluding carboxylic acids is 2. The van der Waals surface area contributed by atoms with Gasteiger partial charge in [0, 0.05) is 23.1 Å². The number of aromatic nitrogens is 1. The molecule has 142 valence electrons. The van der Waals surface area contributed by atoms with Crippen LogP contribution in [-0.2, 0) is 0 Å². The third kappa shape index (κ3) is 4.53. The second-order valence-electron chi connectivity index (χ2n) is 6.29. The fourth-order valence-corrected chi connectivity index (χ4v) is 2.79. The molecule has 0 saturated heterocycles. The van der Waals surface area contributed by atoms with Crippen molar-refractivity contribution in [3.8, 4) is 0 Å². The normalized spacial score (nSPS) is 10.4. The summed E-state index contributed by atoms with van der Waals surface area (Å²) < 4.78 is 13.2. The van der Waals surface area contributed by atoms with E-state index < -0.39 is 11.7 Å². The summed E-state index contributed by atoms with van der Waals surface area (Å²) in [6, 6.07) is 12.4. The zero-order chi connectivity index (χ0) is 20.3. The van der Waals surface area contributed by atoms with Crippen LogP contribution in [0.2, 0.25) is 5.02 Å². The van der Waals surface area contributed by atoms with E-state index >= 15 is 0 Å². The van der Waals surface area contributed by atoms with Crippen LogP contribution in [0.15, 0.2) is 54.7 Å². The van der Waals surface area contributed by atoms with Crippen molar-refractivity contribution in [3.63, 3.8) is 0 Å². The molecule has 0 unspecified atom stereocenters. The maximum Gasteiger partial charge on any atom is 0.274 e. The molecule has 7 heteroatoms. The summed E-state index contributed by atoms with van der Waals surface area (Å²) in [6.45, 7) is 3.88. The molecule has 3 rings (SSSR count). The third-order valence-electron chi connectivity index (χ3n) is 4.06. The lowest BCUT2D eigenvalue weighted by Gasteiger charge is -2.10. The monoisotopic (exact) mass is 397 g/mol. The SMILES string of the molecule is Cc1ccc(NC(=O)c2ccnc(C(=O)Nc3ccc(F)c(Cl)c3)c2)c(C)c1. The highest BCUT2D eigenvalue weighted by Crippen LogP contribution is 2.20. The summed E-state index contributed by atoms with van der Waals surface area (Å²) in [7, 11) is 0. The first-order valence-electron chi connectivity index (χ1n) is 8.44. The van der Waals surface area contributed by atoms with Crippen LogP contribution in [0.5, 0.6) is 0 Å². The molecule has 0 saturated carbocycles. The molecule has 3 aromatic rings. The zero-order valence-corrected chi connectivity index (χ0v) is 16.0. The van der Waals surface area contributed by atoms with Crippen LogP contribution in [0, 0.1) is 19.7 Å². The van der Waals surface area contributed by atoms with Gasteiger partial charge in [-0.25, -0.2) is 4.39 Å². The Morgan fingerprint density at radius 1 is 0.964 bits per heavy atom. The lowest BCUT2D eigenvalue weighted by molar-refractivity contribution is 0.102. The number of benzene rings is 2. The quantitative estimate of drug-likeness (QED) is 0.651. The van der Waals surface area contributed by atoms with Gasteiger partial charge in [-0.3, -0.25) is 14.6 Å². The summed E-state index contributed by atoms with van der Waals surface area (Å²) in [4.78, 5) is 28.9. The van der Waals surface area contributed by atoms with E-state index in [4.69, 9.17) is 11.6 Å². The molecular weight excluding hydrogens is 381 g/mol. The molecule has 0 aliphatic rings. The van der Waals surface area contributed by atoms with Crippen LogP contribution in [0.1, 0.15) is 32.0 Å². The van der Waals surface area contributed by atoms with E-state index in [0.717, 1.165) is 17.2 Å². The van der Waals surface area contributed by atoms with E-state index in [-0.39, 0.29) is 22.2 Å². The van der Waals surface area contributed by atoms with Crippen molar-refractivity contribution in [3.05, 3.63) is 88.0 Å². The van der Waals surface area contributed by atoms with Gasteiger partial charge in [0.15, 0.2) is 0 Å². The summed E-state index contributed by atoms with van der Waals surface area (Å²) in [6.07, 6.45) is 1.38. The van der Waals surface area contributed by atoms with Gasteiger partial charge in [-0.15, -0.1) is 0 Å². The Bertz CT molecular complexity index is 1070. The number of hydrogen-bond acceptors (Lipinski definition) is 3. The van der Waals surface area contributed by atoms with Crippen molar-refractivity contribution in [1.82, 2.24) is 4.98 Å². The lowest BCUT2D eigenvalue weighted by Crippen LogP contribution is -2.17. The average molecular weight is 398 g/mol. The minimum absolute atomic E-state index is 0.0497. The van der Waals surface area contributed by atoms with E-state index in [1.54, 1.807) is 0 Å². The van der Waals surface area contributed by atoms with Crippen LogP contribution >= 0.6 is 11.6 Å². The summed E-state index contributed by atoms with van der Waals surface area (Å²) in [5, 5.41) is 5.29. The van der Waals surface area contributed by atoms with Gasteiger partial charge in [-0.1, -0.05) is 29.3 Å². The highest BCUT2D eigenvalue weighted by Gasteiger charge is 2.14. The summed E-state index contributed by atoms with van der Waals surface area (Å²) in [5.41, 5.74) is 3.39. The van der Waals surface area contributed by atoms with E-state index in [0.29, 0.717) is 11.4 Å². The number of nitrogens with one attached hydrogen (secondary N) is 2. The van der Waals surface area contributed by atoms with Crippen LogP contribution in [0.25, 0.3) is 0 Å². The van der Waals surface area contributed by atoms with E-state index in [1.165, 1.54) is 30.5 Å². The fourth-order valence-electron chi connectivity index (χ4n) is 2.61. The molecule has 2 amide bonds. The predicted octanol–water partition coefficient (Wildman–Crippen LogP) is 5.00. The fraction of sp³-hybridized carbons (Fsp3) is 0.0952. The Hall–Kier alpha value is -3.25. The molecule has 0 bridgehead atoms. The van der Waals surface area contributed by atoms with E-state index in [9.17, 15) is 14.0 Å². The van der Waals surface area contributed by atoms with Gasteiger partial charge in [0.25, 0.3) is 11.8 Å². The molecule has 0 aliphatic heterocycles. The Kier molecular flexibility index (Phi) is 5.70. The van der Waals surface area contributed by atoms with Gasteiger partial charge in [0.05, 0.1) is 5.02 Å². The zero-order valence-electron chi connectivity index (χ0n) is 15.2. The van der Waals surface area contributed by atoms with Crippen molar-refractivity contribution >= 4 is 34.8 Å². The maximum atomic E-state index is 13.2. The Morgan fingerprint density at radius 2 is 1.75 bits per heavy atom. The van der Waals surface area contributed by atoms with E-state index in [1.807, 2.05) is 32.0 Å². The van der Waals surface area contributed by atoms with Crippen LogP contribution in [0.4, 0.5) is 15.8 Å². The molecule has 0 spiro atoms. The Morgan fingerprint density at radius 3 is 2.46 bits per heavy atom. The van der Waals surface area contributed by atoms with Gasteiger partial charge in [-0.2, -0.15) is 0 Å². The molecule has 2 N–H and O–H groups in total. The van der Waals surface area contributed by atoms with Crippen LogP contribution < -0.4 is 10.6 Å². The second-order valence-corrected chi connectivity index (χ2v) is 6.69. The molecule has 28 heavy (non-hydrogen) atoms. The van der Waals surface area contributed by atoms with Gasteiger partial charge in [0.1, 0.15) is 11.5 Å². The molecular formula is C21H17ClFN3O2. The first kappa shape index (κ1) is 19.5. The van der Waals surface area contributed by atoms with Gasteiger partial charge >= 0.3 is 0 Å². The van der Waals surface area contributed by atoms with Crippen molar-refractivity contribution in [1.29, 1.82) is 0 Å². The molecule has 5 nitrogen and oxygen atoms in total. The molecule has 1 heterocycles. The summed E-state index contributed by atoms with van der Waals surface area (Å²) in [5.74, 6) is -1.47. The van der Waals surface area contributed by atoms with Crippen molar-refractivity contribution in [2.75, 3.05) is 10.6 Å². The van der Waals surface area contributed by atoms with Gasteiger partial charge < -0.3 is 10.6 Å². The van der Waals surface area contributed by atoms with E-state index in [2.05, 4.69) is 15.6 Å². The minimum atomic E-state index is -0.581. The van der Waals surface area contributed by atoms with Crippen molar-refractivity contribution in [2.45, 2.75) is 13.8 Å². The highest BCUT2D eigenvalue weighted by molar-refractivity contribution is 6.31. The minimum Gasteiger partial charge on any atom is -0.322 e. The molecule has 0 radical (unpaired) electrons. The number of pyridine rings is 1. The first-order chi connectivity index (χ1) is 13.3. The number of rotatable bonds is 4. The van der Waals surface area contributed by atoms with Crippen LogP contribution in [0.3, 0.4) is 0 Å². The topological polar surface area (TPSA) is 71.1 Å².